The highest BCUT2D eigenvalue weighted by Gasteiger charge is 2.33. The van der Waals surface area contributed by atoms with Crippen LogP contribution in [-0.2, 0) is 14.4 Å². The van der Waals surface area contributed by atoms with Crippen LogP contribution in [0.3, 0.4) is 0 Å². The van der Waals surface area contributed by atoms with E-state index in [1.165, 1.54) is 9.80 Å². The van der Waals surface area contributed by atoms with Crippen molar-refractivity contribution in [2.75, 3.05) is 24.5 Å². The van der Waals surface area contributed by atoms with E-state index < -0.39 is 18.0 Å². The molecule has 22 heavy (non-hydrogen) atoms. The molecular weight excluding hydrogens is 288 g/mol. The van der Waals surface area contributed by atoms with Crippen LogP contribution >= 0.6 is 0 Å². The molecule has 7 nitrogen and oxygen atoms in total. The summed E-state index contributed by atoms with van der Waals surface area (Å²) in [5.74, 6) is -1.29. The number of carboxylic acids is 1. The number of carboxylic acid groups (broad SMARTS) is 1. The van der Waals surface area contributed by atoms with Crippen molar-refractivity contribution >= 4 is 23.5 Å². The molecule has 1 unspecified atom stereocenters. The Kier molecular flexibility index (Phi) is 4.65. The first-order valence-corrected chi connectivity index (χ1v) is 7.00. The van der Waals surface area contributed by atoms with Gasteiger partial charge in [-0.1, -0.05) is 12.1 Å². The number of ether oxygens (including phenoxy) is 1. The summed E-state index contributed by atoms with van der Waals surface area (Å²) in [5, 5.41) is 8.83. The number of hydrogen-bond acceptors (Lipinski definition) is 4. The SMILES string of the molecule is CCN(CC(=O)O)C(=O)CN1C(=O)C(C)Oc2ccccc21. The Hall–Kier alpha value is -2.57. The van der Waals surface area contributed by atoms with Crippen molar-refractivity contribution < 1.29 is 24.2 Å². The zero-order valence-corrected chi connectivity index (χ0v) is 12.5. The van der Waals surface area contributed by atoms with Crippen LogP contribution in [0.15, 0.2) is 24.3 Å². The normalized spacial score (nSPS) is 16.7. The first-order chi connectivity index (χ1) is 10.4. The second kappa shape index (κ2) is 6.46. The molecule has 1 aliphatic rings. The molecule has 0 aliphatic carbocycles. The van der Waals surface area contributed by atoms with E-state index in [4.69, 9.17) is 9.84 Å². The van der Waals surface area contributed by atoms with Crippen LogP contribution in [0.25, 0.3) is 0 Å². The Bertz CT molecular complexity index is 601. The third kappa shape index (κ3) is 3.19. The summed E-state index contributed by atoms with van der Waals surface area (Å²) in [6.07, 6.45) is -0.683. The fourth-order valence-corrected chi connectivity index (χ4v) is 2.30. The number of carbonyl (C=O) groups is 3. The summed E-state index contributed by atoms with van der Waals surface area (Å²) in [6, 6.07) is 6.95. The first-order valence-electron chi connectivity index (χ1n) is 7.00. The third-order valence-corrected chi connectivity index (χ3v) is 3.43. The molecule has 1 N–H and O–H groups in total. The molecule has 0 saturated carbocycles. The minimum Gasteiger partial charge on any atom is -0.480 e. The number of likely N-dealkylation sites (N-methyl/N-ethyl adjacent to an activating group) is 1. The summed E-state index contributed by atoms with van der Waals surface area (Å²) in [4.78, 5) is 37.9. The van der Waals surface area contributed by atoms with E-state index in [2.05, 4.69) is 0 Å². The van der Waals surface area contributed by atoms with Crippen molar-refractivity contribution in [3.63, 3.8) is 0 Å². The number of anilines is 1. The highest BCUT2D eigenvalue weighted by Crippen LogP contribution is 2.33. The zero-order valence-electron chi connectivity index (χ0n) is 12.5. The Morgan fingerprint density at radius 3 is 2.68 bits per heavy atom. The number of nitrogens with zero attached hydrogens (tertiary/aromatic N) is 2. The van der Waals surface area contributed by atoms with E-state index in [9.17, 15) is 14.4 Å². The molecule has 1 heterocycles. The molecule has 0 radical (unpaired) electrons. The lowest BCUT2D eigenvalue weighted by Gasteiger charge is -2.33. The van der Waals surface area contributed by atoms with Gasteiger partial charge in [0.05, 0.1) is 5.69 Å². The Morgan fingerprint density at radius 1 is 1.36 bits per heavy atom. The molecule has 1 aromatic rings. The van der Waals surface area contributed by atoms with Gasteiger partial charge in [-0.2, -0.15) is 0 Å². The number of amides is 2. The minimum atomic E-state index is -1.09. The number of hydrogen-bond donors (Lipinski definition) is 1. The van der Waals surface area contributed by atoms with Gasteiger partial charge in [0, 0.05) is 6.54 Å². The molecule has 7 heteroatoms. The second-order valence-corrected chi connectivity index (χ2v) is 4.95. The molecule has 0 aromatic heterocycles. The molecule has 0 spiro atoms. The number of fused-ring (bicyclic) bond motifs is 1. The summed E-state index contributed by atoms with van der Waals surface area (Å²) in [7, 11) is 0. The second-order valence-electron chi connectivity index (χ2n) is 4.95. The molecule has 2 rings (SSSR count). The Balaban J connectivity index is 2.22. The predicted molar refractivity (Wildman–Crippen MR) is 78.8 cm³/mol. The van der Waals surface area contributed by atoms with Crippen molar-refractivity contribution in [2.24, 2.45) is 0 Å². The largest absolute Gasteiger partial charge is 0.480 e. The van der Waals surface area contributed by atoms with Crippen molar-refractivity contribution in [3.8, 4) is 5.75 Å². The van der Waals surface area contributed by atoms with Crippen molar-refractivity contribution in [1.82, 2.24) is 4.90 Å². The van der Waals surface area contributed by atoms with Gasteiger partial charge in [0.25, 0.3) is 5.91 Å². The van der Waals surface area contributed by atoms with E-state index in [1.54, 1.807) is 38.1 Å². The van der Waals surface area contributed by atoms with Crippen molar-refractivity contribution in [3.05, 3.63) is 24.3 Å². The smallest absolute Gasteiger partial charge is 0.323 e. The standard InChI is InChI=1S/C15H18N2O5/c1-3-16(9-14(19)20)13(18)8-17-11-6-4-5-7-12(11)22-10(2)15(17)21/h4-7,10H,3,8-9H2,1-2H3,(H,19,20). The van der Waals surface area contributed by atoms with Crippen LogP contribution < -0.4 is 9.64 Å². The zero-order chi connectivity index (χ0) is 16.3. The van der Waals surface area contributed by atoms with Gasteiger partial charge in [0.15, 0.2) is 6.10 Å². The summed E-state index contributed by atoms with van der Waals surface area (Å²) in [6.45, 7) is 2.99. The first kappa shape index (κ1) is 15.8. The highest BCUT2D eigenvalue weighted by atomic mass is 16.5. The number of carbonyl (C=O) groups excluding carboxylic acids is 2. The fourth-order valence-electron chi connectivity index (χ4n) is 2.30. The molecule has 118 valence electrons. The maximum Gasteiger partial charge on any atom is 0.323 e. The average molecular weight is 306 g/mol. The van der Waals surface area contributed by atoms with E-state index in [1.807, 2.05) is 0 Å². The number of aliphatic carboxylic acids is 1. The third-order valence-electron chi connectivity index (χ3n) is 3.43. The number of para-hydroxylation sites is 2. The van der Waals surface area contributed by atoms with Crippen LogP contribution in [0.4, 0.5) is 5.69 Å². The van der Waals surface area contributed by atoms with Gasteiger partial charge in [-0.3, -0.25) is 19.3 Å². The maximum absolute atomic E-state index is 12.3. The minimum absolute atomic E-state index is 0.204. The van der Waals surface area contributed by atoms with Crippen LogP contribution in [0.1, 0.15) is 13.8 Å². The van der Waals surface area contributed by atoms with E-state index in [0.717, 1.165) is 0 Å². The van der Waals surface area contributed by atoms with Crippen LogP contribution in [0.5, 0.6) is 5.75 Å². The number of benzene rings is 1. The Labute approximate surface area is 128 Å². The van der Waals surface area contributed by atoms with Gasteiger partial charge < -0.3 is 14.7 Å². The molecular formula is C15H18N2O5. The topological polar surface area (TPSA) is 87.2 Å². The van der Waals surface area contributed by atoms with Gasteiger partial charge in [-0.25, -0.2) is 0 Å². The molecule has 2 amide bonds. The molecule has 1 aromatic carbocycles. The van der Waals surface area contributed by atoms with Crippen molar-refractivity contribution in [2.45, 2.75) is 20.0 Å². The molecule has 0 saturated heterocycles. The van der Waals surface area contributed by atoms with Crippen molar-refractivity contribution in [1.29, 1.82) is 0 Å². The van der Waals surface area contributed by atoms with Gasteiger partial charge in [-0.15, -0.1) is 0 Å². The molecule has 1 aliphatic heterocycles. The summed E-state index contributed by atoms with van der Waals surface area (Å²) < 4.78 is 5.50. The summed E-state index contributed by atoms with van der Waals surface area (Å²) in [5.41, 5.74) is 0.519. The monoisotopic (exact) mass is 306 g/mol. The molecule has 0 fully saturated rings. The fraction of sp³-hybridized carbons (Fsp3) is 0.400. The average Bonchev–Trinajstić information content (AvgIpc) is 2.49. The van der Waals surface area contributed by atoms with Crippen LogP contribution in [0, 0.1) is 0 Å². The lowest BCUT2D eigenvalue weighted by molar-refractivity contribution is -0.144. The van der Waals surface area contributed by atoms with Crippen LogP contribution in [0.2, 0.25) is 0 Å². The maximum atomic E-state index is 12.3. The quantitative estimate of drug-likeness (QED) is 0.866. The Morgan fingerprint density at radius 2 is 2.05 bits per heavy atom. The van der Waals surface area contributed by atoms with E-state index in [0.29, 0.717) is 11.4 Å². The molecule has 1 atom stereocenters. The number of rotatable bonds is 5. The lowest BCUT2D eigenvalue weighted by Crippen LogP contribution is -2.50. The highest BCUT2D eigenvalue weighted by molar-refractivity contribution is 6.03. The molecule has 0 bridgehead atoms. The van der Waals surface area contributed by atoms with Gasteiger partial charge in [0.1, 0.15) is 18.8 Å². The van der Waals surface area contributed by atoms with Crippen LogP contribution in [-0.4, -0.2) is 53.5 Å². The lowest BCUT2D eigenvalue weighted by atomic mass is 10.2. The van der Waals surface area contributed by atoms with Gasteiger partial charge in [-0.05, 0) is 26.0 Å². The summed E-state index contributed by atoms with van der Waals surface area (Å²) >= 11 is 0. The van der Waals surface area contributed by atoms with E-state index in [-0.39, 0.29) is 25.5 Å². The predicted octanol–water partition coefficient (Wildman–Crippen LogP) is 0.734. The van der Waals surface area contributed by atoms with Gasteiger partial charge in [0.2, 0.25) is 5.91 Å². The van der Waals surface area contributed by atoms with Gasteiger partial charge >= 0.3 is 5.97 Å². The van der Waals surface area contributed by atoms with E-state index >= 15 is 0 Å².